The molecule has 0 fully saturated rings. The van der Waals surface area contributed by atoms with Crippen molar-refractivity contribution in [1.29, 1.82) is 0 Å². The zero-order chi connectivity index (χ0) is 10.7. The van der Waals surface area contributed by atoms with Crippen LogP contribution in [0.15, 0.2) is 10.6 Å². The summed E-state index contributed by atoms with van der Waals surface area (Å²) in [4.78, 5) is 12.4. The van der Waals surface area contributed by atoms with Crippen LogP contribution in [-0.2, 0) is 4.79 Å². The number of aromatic nitrogens is 1. The number of aliphatic carboxylic acids is 1. The maximum Gasteiger partial charge on any atom is 0.305 e. The first-order valence-electron chi connectivity index (χ1n) is 4.32. The Morgan fingerprint density at radius 1 is 1.71 bits per heavy atom. The SMILES string of the molecule is Cc1cc(C(CC(=O)O)N(C)C)no1. The third-order valence-corrected chi connectivity index (χ3v) is 1.98. The van der Waals surface area contributed by atoms with E-state index in [9.17, 15) is 4.79 Å². The molecule has 0 radical (unpaired) electrons. The summed E-state index contributed by atoms with van der Waals surface area (Å²) in [6, 6.07) is 1.53. The lowest BCUT2D eigenvalue weighted by Crippen LogP contribution is -2.22. The van der Waals surface area contributed by atoms with Crippen molar-refractivity contribution in [3.05, 3.63) is 17.5 Å². The normalized spacial score (nSPS) is 13.1. The molecule has 0 aliphatic heterocycles. The van der Waals surface area contributed by atoms with Crippen molar-refractivity contribution in [2.75, 3.05) is 14.1 Å². The van der Waals surface area contributed by atoms with Crippen LogP contribution in [-0.4, -0.2) is 35.2 Å². The van der Waals surface area contributed by atoms with E-state index in [4.69, 9.17) is 9.63 Å². The molecule has 0 aliphatic rings. The maximum atomic E-state index is 10.6. The van der Waals surface area contributed by atoms with Crippen LogP contribution in [0.25, 0.3) is 0 Å². The second kappa shape index (κ2) is 4.23. The quantitative estimate of drug-likeness (QED) is 0.783. The lowest BCUT2D eigenvalue weighted by molar-refractivity contribution is -0.138. The van der Waals surface area contributed by atoms with Gasteiger partial charge < -0.3 is 14.5 Å². The molecule has 14 heavy (non-hydrogen) atoms. The second-order valence-corrected chi connectivity index (χ2v) is 3.44. The highest BCUT2D eigenvalue weighted by atomic mass is 16.5. The fourth-order valence-corrected chi connectivity index (χ4v) is 1.26. The van der Waals surface area contributed by atoms with Gasteiger partial charge in [0.25, 0.3) is 0 Å². The predicted octanol–water partition coefficient (Wildman–Crippen LogP) is 1.06. The summed E-state index contributed by atoms with van der Waals surface area (Å²) in [7, 11) is 3.63. The molecule has 5 nitrogen and oxygen atoms in total. The summed E-state index contributed by atoms with van der Waals surface area (Å²) in [6.07, 6.45) is 0.0268. The minimum atomic E-state index is -0.843. The fourth-order valence-electron chi connectivity index (χ4n) is 1.26. The van der Waals surface area contributed by atoms with Crippen molar-refractivity contribution < 1.29 is 14.4 Å². The Hall–Kier alpha value is -1.36. The number of carboxylic acid groups (broad SMARTS) is 1. The van der Waals surface area contributed by atoms with Crippen molar-refractivity contribution in [2.45, 2.75) is 19.4 Å². The highest BCUT2D eigenvalue weighted by Gasteiger charge is 2.20. The highest BCUT2D eigenvalue weighted by Crippen LogP contribution is 2.21. The van der Waals surface area contributed by atoms with Crippen LogP contribution < -0.4 is 0 Å². The van der Waals surface area contributed by atoms with E-state index in [-0.39, 0.29) is 12.5 Å². The Labute approximate surface area is 82.3 Å². The first kappa shape index (κ1) is 10.7. The van der Waals surface area contributed by atoms with Crippen molar-refractivity contribution in [3.8, 4) is 0 Å². The first-order chi connectivity index (χ1) is 6.50. The maximum absolute atomic E-state index is 10.6. The number of hydrogen-bond donors (Lipinski definition) is 1. The number of hydrogen-bond acceptors (Lipinski definition) is 4. The average Bonchev–Trinajstić information content (AvgIpc) is 2.46. The van der Waals surface area contributed by atoms with E-state index in [1.165, 1.54) is 0 Å². The molecule has 1 aromatic rings. The lowest BCUT2D eigenvalue weighted by Gasteiger charge is -2.19. The van der Waals surface area contributed by atoms with Gasteiger partial charge in [0.2, 0.25) is 0 Å². The van der Waals surface area contributed by atoms with Crippen LogP contribution in [0.3, 0.4) is 0 Å². The van der Waals surface area contributed by atoms with Crippen LogP contribution in [0.5, 0.6) is 0 Å². The van der Waals surface area contributed by atoms with Gasteiger partial charge in [-0.05, 0) is 21.0 Å². The van der Waals surface area contributed by atoms with Gasteiger partial charge in [-0.3, -0.25) is 4.79 Å². The molecule has 0 saturated heterocycles. The van der Waals surface area contributed by atoms with E-state index in [0.29, 0.717) is 11.5 Å². The Morgan fingerprint density at radius 2 is 2.36 bits per heavy atom. The topological polar surface area (TPSA) is 66.6 Å². The minimum absolute atomic E-state index is 0.0268. The van der Waals surface area contributed by atoms with Crippen LogP contribution in [0, 0.1) is 6.92 Å². The molecule has 1 N–H and O–H groups in total. The molecule has 0 amide bonds. The zero-order valence-corrected chi connectivity index (χ0v) is 8.52. The lowest BCUT2D eigenvalue weighted by atomic mass is 10.1. The largest absolute Gasteiger partial charge is 0.481 e. The van der Waals surface area contributed by atoms with Gasteiger partial charge in [-0.15, -0.1) is 0 Å². The van der Waals surface area contributed by atoms with Gasteiger partial charge in [0.05, 0.1) is 12.5 Å². The predicted molar refractivity (Wildman–Crippen MR) is 49.9 cm³/mol. The first-order valence-corrected chi connectivity index (χ1v) is 4.32. The summed E-state index contributed by atoms with van der Waals surface area (Å²) in [5.41, 5.74) is 0.662. The van der Waals surface area contributed by atoms with Crippen LogP contribution in [0.2, 0.25) is 0 Å². The highest BCUT2D eigenvalue weighted by molar-refractivity contribution is 5.67. The van der Waals surface area contributed by atoms with Crippen molar-refractivity contribution in [1.82, 2.24) is 10.1 Å². The van der Waals surface area contributed by atoms with Crippen LogP contribution in [0.4, 0.5) is 0 Å². The molecule has 1 aromatic heterocycles. The van der Waals surface area contributed by atoms with E-state index >= 15 is 0 Å². The Kier molecular flexibility index (Phi) is 3.24. The van der Waals surface area contributed by atoms with E-state index in [1.807, 2.05) is 19.0 Å². The molecule has 78 valence electrons. The van der Waals surface area contributed by atoms with E-state index in [0.717, 1.165) is 0 Å². The number of aryl methyl sites for hydroxylation is 1. The Bertz CT molecular complexity index is 320. The van der Waals surface area contributed by atoms with E-state index in [2.05, 4.69) is 5.16 Å². The molecular formula is C9H14N2O3. The molecular weight excluding hydrogens is 184 g/mol. The number of carboxylic acids is 1. The molecule has 1 atom stereocenters. The molecule has 1 heterocycles. The second-order valence-electron chi connectivity index (χ2n) is 3.44. The molecule has 0 bridgehead atoms. The number of nitrogens with zero attached hydrogens (tertiary/aromatic N) is 2. The fraction of sp³-hybridized carbons (Fsp3) is 0.556. The number of carbonyl (C=O) groups is 1. The molecule has 0 aromatic carbocycles. The molecule has 1 unspecified atom stereocenters. The standard InChI is InChI=1S/C9H14N2O3/c1-6-4-7(10-14-6)8(11(2)3)5-9(12)13/h4,8H,5H2,1-3H3,(H,12,13). The van der Waals surface area contributed by atoms with Crippen molar-refractivity contribution >= 4 is 5.97 Å². The van der Waals surface area contributed by atoms with Crippen LogP contribution >= 0.6 is 0 Å². The van der Waals surface area contributed by atoms with Crippen molar-refractivity contribution in [2.24, 2.45) is 0 Å². The molecule has 0 saturated carbocycles. The van der Waals surface area contributed by atoms with Gasteiger partial charge in [-0.1, -0.05) is 5.16 Å². The van der Waals surface area contributed by atoms with Gasteiger partial charge in [0, 0.05) is 6.07 Å². The molecule has 0 aliphatic carbocycles. The smallest absolute Gasteiger partial charge is 0.305 e. The summed E-state index contributed by atoms with van der Waals surface area (Å²) in [5, 5.41) is 12.5. The monoisotopic (exact) mass is 198 g/mol. The molecule has 1 rings (SSSR count). The van der Waals surface area contributed by atoms with Gasteiger partial charge in [0.1, 0.15) is 11.5 Å². The molecule has 0 spiro atoms. The Balaban J connectivity index is 2.82. The summed E-state index contributed by atoms with van der Waals surface area (Å²) in [5.74, 6) is -0.151. The van der Waals surface area contributed by atoms with Gasteiger partial charge in [-0.2, -0.15) is 0 Å². The van der Waals surface area contributed by atoms with Gasteiger partial charge in [0.15, 0.2) is 0 Å². The summed E-state index contributed by atoms with van der Waals surface area (Å²) >= 11 is 0. The number of rotatable bonds is 4. The summed E-state index contributed by atoms with van der Waals surface area (Å²) < 4.78 is 4.91. The van der Waals surface area contributed by atoms with Gasteiger partial charge in [-0.25, -0.2) is 0 Å². The zero-order valence-electron chi connectivity index (χ0n) is 8.52. The third-order valence-electron chi connectivity index (χ3n) is 1.98. The van der Waals surface area contributed by atoms with E-state index in [1.54, 1.807) is 13.0 Å². The minimum Gasteiger partial charge on any atom is -0.481 e. The Morgan fingerprint density at radius 3 is 2.71 bits per heavy atom. The molecule has 5 heteroatoms. The average molecular weight is 198 g/mol. The van der Waals surface area contributed by atoms with E-state index < -0.39 is 5.97 Å². The van der Waals surface area contributed by atoms with Crippen molar-refractivity contribution in [3.63, 3.8) is 0 Å². The van der Waals surface area contributed by atoms with Gasteiger partial charge >= 0.3 is 5.97 Å². The summed E-state index contributed by atoms with van der Waals surface area (Å²) in [6.45, 7) is 1.78. The third kappa shape index (κ3) is 2.56. The van der Waals surface area contributed by atoms with Crippen LogP contribution in [0.1, 0.15) is 23.9 Å².